The second kappa shape index (κ2) is 11.0. The molecule has 7 nitrogen and oxygen atoms in total. The van der Waals surface area contributed by atoms with Gasteiger partial charge in [0.1, 0.15) is 0 Å². The minimum atomic E-state index is -4.59. The molecule has 2 heterocycles. The van der Waals surface area contributed by atoms with E-state index in [0.717, 1.165) is 30.0 Å². The van der Waals surface area contributed by atoms with Crippen LogP contribution in [0.25, 0.3) is 23.0 Å². The monoisotopic (exact) mass is 473 g/mol. The van der Waals surface area contributed by atoms with E-state index in [1.165, 1.54) is 12.4 Å². The summed E-state index contributed by atoms with van der Waals surface area (Å²) in [7, 11) is 0. The lowest BCUT2D eigenvalue weighted by atomic mass is 10.0. The molecule has 10 heteroatoms. The van der Waals surface area contributed by atoms with Crippen molar-refractivity contribution >= 4 is 18.0 Å². The number of unbranched alkanes of at least 4 members (excludes halogenated alkanes) is 2. The van der Waals surface area contributed by atoms with Gasteiger partial charge in [-0.05, 0) is 42.2 Å². The fourth-order valence-corrected chi connectivity index (χ4v) is 3.32. The summed E-state index contributed by atoms with van der Waals surface area (Å²) < 4.78 is 40.5. The Morgan fingerprint density at radius 3 is 2.65 bits per heavy atom. The van der Waals surface area contributed by atoms with E-state index in [0.29, 0.717) is 29.7 Å². The normalized spacial score (nSPS) is 12.1. The van der Waals surface area contributed by atoms with Crippen molar-refractivity contribution in [2.45, 2.75) is 45.7 Å². The van der Waals surface area contributed by atoms with E-state index in [9.17, 15) is 23.1 Å². The average Bonchev–Trinajstić information content (AvgIpc) is 3.31. The number of nitrogens with zero attached hydrogens (tertiary/aromatic N) is 4. The van der Waals surface area contributed by atoms with Crippen molar-refractivity contribution in [2.75, 3.05) is 11.9 Å². The molecule has 34 heavy (non-hydrogen) atoms. The first-order valence-corrected chi connectivity index (χ1v) is 11.0. The van der Waals surface area contributed by atoms with Gasteiger partial charge >= 0.3 is 12.1 Å². The molecule has 0 aliphatic heterocycles. The van der Waals surface area contributed by atoms with Crippen molar-refractivity contribution < 1.29 is 23.1 Å². The van der Waals surface area contributed by atoms with Crippen LogP contribution in [0.1, 0.15) is 50.8 Å². The number of anilines is 1. The van der Waals surface area contributed by atoms with Gasteiger partial charge in [0.2, 0.25) is 5.95 Å². The summed E-state index contributed by atoms with van der Waals surface area (Å²) >= 11 is 0. The van der Waals surface area contributed by atoms with Gasteiger partial charge < -0.3 is 10.4 Å². The number of halogens is 3. The zero-order valence-corrected chi connectivity index (χ0v) is 18.9. The Morgan fingerprint density at radius 1 is 1.21 bits per heavy atom. The number of nitrogens with one attached hydrogen (secondary N) is 1. The largest absolute Gasteiger partial charge is 0.478 e. The maximum atomic E-state index is 13.2. The van der Waals surface area contributed by atoms with E-state index < -0.39 is 17.8 Å². The number of benzene rings is 1. The summed E-state index contributed by atoms with van der Waals surface area (Å²) in [6.07, 6.45) is 3.05. The van der Waals surface area contributed by atoms with Crippen molar-refractivity contribution in [3.63, 3.8) is 0 Å². The summed E-state index contributed by atoms with van der Waals surface area (Å²) in [4.78, 5) is 20.2. The molecule has 2 aromatic heterocycles. The van der Waals surface area contributed by atoms with E-state index in [4.69, 9.17) is 0 Å². The third-order valence-corrected chi connectivity index (χ3v) is 5.12. The third kappa shape index (κ3) is 6.21. The molecule has 0 amide bonds. The lowest BCUT2D eigenvalue weighted by Crippen LogP contribution is -2.11. The summed E-state index contributed by atoms with van der Waals surface area (Å²) in [5.74, 6) is -0.542. The highest BCUT2D eigenvalue weighted by molar-refractivity contribution is 5.92. The van der Waals surface area contributed by atoms with Crippen LogP contribution in [-0.2, 0) is 11.0 Å². The molecule has 180 valence electrons. The zero-order valence-electron chi connectivity index (χ0n) is 18.9. The molecule has 1 aromatic carbocycles. The number of aromatic nitrogens is 4. The minimum absolute atomic E-state index is 0.179. The second-order valence-electron chi connectivity index (χ2n) is 7.66. The number of carbonyl (C=O) groups is 1. The lowest BCUT2D eigenvalue weighted by Gasteiger charge is -2.12. The van der Waals surface area contributed by atoms with Gasteiger partial charge in [0.05, 0.1) is 0 Å². The minimum Gasteiger partial charge on any atom is -0.478 e. The van der Waals surface area contributed by atoms with Crippen molar-refractivity contribution in [2.24, 2.45) is 0 Å². The molecular weight excluding hydrogens is 447 g/mol. The highest BCUT2D eigenvalue weighted by Crippen LogP contribution is 2.30. The number of hydrogen-bond donors (Lipinski definition) is 2. The van der Waals surface area contributed by atoms with Crippen LogP contribution >= 0.6 is 0 Å². The van der Waals surface area contributed by atoms with Crippen molar-refractivity contribution in [3.8, 4) is 16.9 Å². The maximum Gasteiger partial charge on any atom is 0.435 e. The highest BCUT2D eigenvalue weighted by atomic mass is 19.4. The van der Waals surface area contributed by atoms with Gasteiger partial charge in [-0.3, -0.25) is 0 Å². The summed E-state index contributed by atoms with van der Waals surface area (Å²) in [6.45, 7) is 4.47. The summed E-state index contributed by atoms with van der Waals surface area (Å²) in [5, 5.41) is 16.1. The van der Waals surface area contributed by atoms with E-state index >= 15 is 0 Å². The van der Waals surface area contributed by atoms with E-state index in [2.05, 4.69) is 27.3 Å². The first-order chi connectivity index (χ1) is 16.2. The zero-order chi connectivity index (χ0) is 24.7. The van der Waals surface area contributed by atoms with Gasteiger partial charge in [-0.1, -0.05) is 44.9 Å². The predicted molar refractivity (Wildman–Crippen MR) is 124 cm³/mol. The molecule has 0 fully saturated rings. The van der Waals surface area contributed by atoms with Crippen LogP contribution in [0.15, 0.2) is 48.3 Å². The van der Waals surface area contributed by atoms with E-state index in [-0.39, 0.29) is 17.3 Å². The van der Waals surface area contributed by atoms with Crippen LogP contribution in [-0.4, -0.2) is 37.4 Å². The number of rotatable bonds is 10. The number of carboxylic acids is 1. The molecule has 0 spiro atoms. The SMILES string of the molecule is CCCCCNc1ncc(-c2cccc(C=C(CC)C(=O)O)c2)c(-n2ccc(C(F)(F)F)n2)n1. The second-order valence-corrected chi connectivity index (χ2v) is 7.66. The van der Waals surface area contributed by atoms with Crippen molar-refractivity contribution in [1.82, 2.24) is 19.7 Å². The molecule has 0 aliphatic carbocycles. The van der Waals surface area contributed by atoms with Crippen LogP contribution in [0.3, 0.4) is 0 Å². The van der Waals surface area contributed by atoms with Gasteiger partial charge in [0.15, 0.2) is 11.5 Å². The van der Waals surface area contributed by atoms with Crippen LogP contribution in [0, 0.1) is 0 Å². The first kappa shape index (κ1) is 24.9. The number of aliphatic carboxylic acids is 1. The quantitative estimate of drug-likeness (QED) is 0.284. The number of alkyl halides is 3. The standard InChI is InChI=1S/C24H26F3N5O2/c1-3-5-6-11-28-23-29-15-19(21(30-23)32-12-10-20(31-32)24(25,26)27)18-9-7-8-16(14-18)13-17(4-2)22(33)34/h7-10,12-15H,3-6,11H2,1-2H3,(H,33,34)(H,28,29,30). The Bertz CT molecular complexity index is 1170. The van der Waals surface area contributed by atoms with Crippen LogP contribution in [0.5, 0.6) is 0 Å². The summed E-state index contributed by atoms with van der Waals surface area (Å²) in [5.41, 5.74) is 0.925. The average molecular weight is 473 g/mol. The molecule has 0 saturated carbocycles. The highest BCUT2D eigenvalue weighted by Gasteiger charge is 2.34. The predicted octanol–water partition coefficient (Wildman–Crippen LogP) is 5.83. The van der Waals surface area contributed by atoms with Crippen molar-refractivity contribution in [1.29, 1.82) is 0 Å². The van der Waals surface area contributed by atoms with E-state index in [1.54, 1.807) is 37.3 Å². The molecule has 0 aliphatic rings. The van der Waals surface area contributed by atoms with Gasteiger partial charge in [-0.15, -0.1) is 0 Å². The third-order valence-electron chi connectivity index (χ3n) is 5.12. The maximum absolute atomic E-state index is 13.2. The molecule has 0 saturated heterocycles. The summed E-state index contributed by atoms with van der Waals surface area (Å²) in [6, 6.07) is 7.88. The Kier molecular flexibility index (Phi) is 8.04. The molecule has 0 radical (unpaired) electrons. The molecule has 3 rings (SSSR count). The lowest BCUT2D eigenvalue weighted by molar-refractivity contribution is -0.141. The molecule has 0 unspecified atom stereocenters. The topological polar surface area (TPSA) is 92.9 Å². The molecular formula is C24H26F3N5O2. The molecule has 0 atom stereocenters. The Balaban J connectivity index is 2.05. The van der Waals surface area contributed by atoms with Gasteiger partial charge in [0.25, 0.3) is 0 Å². The smallest absolute Gasteiger partial charge is 0.435 e. The van der Waals surface area contributed by atoms with Crippen LogP contribution in [0.4, 0.5) is 19.1 Å². The fourth-order valence-electron chi connectivity index (χ4n) is 3.32. The van der Waals surface area contributed by atoms with E-state index in [1.807, 2.05) is 0 Å². The van der Waals surface area contributed by atoms with Gasteiger partial charge in [0, 0.05) is 30.1 Å². The van der Waals surface area contributed by atoms with Crippen LogP contribution < -0.4 is 5.32 Å². The molecule has 3 aromatic rings. The molecule has 0 bridgehead atoms. The Hall–Kier alpha value is -3.69. The molecule has 2 N–H and O–H groups in total. The Labute approximate surface area is 195 Å². The fraction of sp³-hybridized carbons (Fsp3) is 0.333. The van der Waals surface area contributed by atoms with Crippen molar-refractivity contribution in [3.05, 3.63) is 59.6 Å². The first-order valence-electron chi connectivity index (χ1n) is 11.0. The van der Waals surface area contributed by atoms with Gasteiger partial charge in [-0.25, -0.2) is 14.5 Å². The Morgan fingerprint density at radius 2 is 2.00 bits per heavy atom. The number of carboxylic acid groups (broad SMARTS) is 1. The van der Waals surface area contributed by atoms with Crippen LogP contribution in [0.2, 0.25) is 0 Å². The number of hydrogen-bond acceptors (Lipinski definition) is 5. The van der Waals surface area contributed by atoms with Gasteiger partial charge in [-0.2, -0.15) is 23.3 Å².